The van der Waals surface area contributed by atoms with Gasteiger partial charge in [0.25, 0.3) is 0 Å². The summed E-state index contributed by atoms with van der Waals surface area (Å²) in [5, 5.41) is 0. The summed E-state index contributed by atoms with van der Waals surface area (Å²) in [4.78, 5) is 0. The van der Waals surface area contributed by atoms with Gasteiger partial charge >= 0.3 is 0 Å². The lowest BCUT2D eigenvalue weighted by atomic mass is 9.83. The van der Waals surface area contributed by atoms with Gasteiger partial charge in [0.05, 0.1) is 7.11 Å². The van der Waals surface area contributed by atoms with E-state index in [4.69, 9.17) is 10.5 Å². The first-order valence-electron chi connectivity index (χ1n) is 5.85. The SMILES string of the molecule is CCc1cc(C(C)C(C)(C)N)ccc1OC. The second-order valence-corrected chi connectivity index (χ2v) is 4.97. The summed E-state index contributed by atoms with van der Waals surface area (Å²) in [6.07, 6.45) is 0.981. The first kappa shape index (κ1) is 13.0. The van der Waals surface area contributed by atoms with Crippen molar-refractivity contribution in [3.8, 4) is 5.75 Å². The highest BCUT2D eigenvalue weighted by Crippen LogP contribution is 2.29. The molecule has 2 nitrogen and oxygen atoms in total. The third kappa shape index (κ3) is 2.76. The minimum absolute atomic E-state index is 0.195. The summed E-state index contributed by atoms with van der Waals surface area (Å²) < 4.78 is 5.33. The minimum Gasteiger partial charge on any atom is -0.496 e. The first-order valence-corrected chi connectivity index (χ1v) is 5.85. The Morgan fingerprint density at radius 2 is 2.00 bits per heavy atom. The normalized spacial score (nSPS) is 13.6. The predicted molar refractivity (Wildman–Crippen MR) is 69.1 cm³/mol. The van der Waals surface area contributed by atoms with E-state index in [-0.39, 0.29) is 5.54 Å². The summed E-state index contributed by atoms with van der Waals surface area (Å²) >= 11 is 0. The number of hydrogen-bond donors (Lipinski definition) is 1. The Balaban J connectivity index is 3.08. The maximum absolute atomic E-state index is 6.14. The van der Waals surface area contributed by atoms with Crippen LogP contribution in [0.4, 0.5) is 0 Å². The predicted octanol–water partition coefficient (Wildman–Crippen LogP) is 3.10. The lowest BCUT2D eigenvalue weighted by Gasteiger charge is -2.28. The molecule has 0 saturated carbocycles. The maximum atomic E-state index is 6.14. The lowest BCUT2D eigenvalue weighted by Crippen LogP contribution is -2.37. The third-order valence-electron chi connectivity index (χ3n) is 3.30. The molecule has 0 aliphatic rings. The van der Waals surface area contributed by atoms with Crippen molar-refractivity contribution in [1.82, 2.24) is 0 Å². The highest BCUT2D eigenvalue weighted by atomic mass is 16.5. The fourth-order valence-corrected chi connectivity index (χ4v) is 1.77. The summed E-state index contributed by atoms with van der Waals surface area (Å²) in [7, 11) is 1.71. The number of ether oxygens (including phenoxy) is 1. The molecule has 90 valence electrons. The topological polar surface area (TPSA) is 35.2 Å². The molecule has 2 heteroatoms. The number of nitrogens with two attached hydrogens (primary N) is 1. The molecule has 1 unspecified atom stereocenters. The number of rotatable bonds is 4. The van der Waals surface area contributed by atoms with Gasteiger partial charge in [-0.25, -0.2) is 0 Å². The Labute approximate surface area is 98.8 Å². The number of methoxy groups -OCH3 is 1. The van der Waals surface area contributed by atoms with Gasteiger partial charge in [-0.15, -0.1) is 0 Å². The molecule has 2 N–H and O–H groups in total. The van der Waals surface area contributed by atoms with E-state index in [1.807, 2.05) is 6.07 Å². The molecule has 0 bridgehead atoms. The molecule has 1 atom stereocenters. The maximum Gasteiger partial charge on any atom is 0.122 e. The largest absolute Gasteiger partial charge is 0.496 e. The Hall–Kier alpha value is -1.02. The van der Waals surface area contributed by atoms with Gasteiger partial charge in [0.15, 0.2) is 0 Å². The van der Waals surface area contributed by atoms with Crippen LogP contribution < -0.4 is 10.5 Å². The van der Waals surface area contributed by atoms with E-state index in [1.165, 1.54) is 11.1 Å². The summed E-state index contributed by atoms with van der Waals surface area (Å²) in [5.74, 6) is 1.30. The van der Waals surface area contributed by atoms with Gasteiger partial charge in [-0.05, 0) is 43.4 Å². The second kappa shape index (κ2) is 4.88. The van der Waals surface area contributed by atoms with Crippen molar-refractivity contribution in [1.29, 1.82) is 0 Å². The van der Waals surface area contributed by atoms with E-state index in [2.05, 4.69) is 39.8 Å². The van der Waals surface area contributed by atoms with Gasteiger partial charge in [-0.2, -0.15) is 0 Å². The van der Waals surface area contributed by atoms with Crippen molar-refractivity contribution in [3.05, 3.63) is 29.3 Å². The molecular formula is C14H23NO. The highest BCUT2D eigenvalue weighted by Gasteiger charge is 2.22. The lowest BCUT2D eigenvalue weighted by molar-refractivity contribution is 0.407. The van der Waals surface area contributed by atoms with E-state index in [9.17, 15) is 0 Å². The van der Waals surface area contributed by atoms with Gasteiger partial charge in [-0.1, -0.05) is 26.0 Å². The molecule has 0 saturated heterocycles. The van der Waals surface area contributed by atoms with Crippen molar-refractivity contribution >= 4 is 0 Å². The van der Waals surface area contributed by atoms with Crippen molar-refractivity contribution < 1.29 is 4.74 Å². The fourth-order valence-electron chi connectivity index (χ4n) is 1.77. The molecule has 0 radical (unpaired) electrons. The van der Waals surface area contributed by atoms with Crippen LogP contribution in [0.3, 0.4) is 0 Å². The Morgan fingerprint density at radius 1 is 1.38 bits per heavy atom. The van der Waals surface area contributed by atoms with Crippen molar-refractivity contribution in [2.24, 2.45) is 5.73 Å². The quantitative estimate of drug-likeness (QED) is 0.848. The van der Waals surface area contributed by atoms with Gasteiger partial charge in [0.1, 0.15) is 5.75 Å². The monoisotopic (exact) mass is 221 g/mol. The van der Waals surface area contributed by atoms with Crippen LogP contribution in [-0.2, 0) is 6.42 Å². The van der Waals surface area contributed by atoms with E-state index in [1.54, 1.807) is 7.11 Å². The van der Waals surface area contributed by atoms with Crippen LogP contribution in [0.1, 0.15) is 44.7 Å². The standard InChI is InChI=1S/C14H23NO/c1-6-11-9-12(7-8-13(11)16-5)10(2)14(3,4)15/h7-10H,6,15H2,1-5H3. The van der Waals surface area contributed by atoms with Crippen molar-refractivity contribution in [3.63, 3.8) is 0 Å². The fraction of sp³-hybridized carbons (Fsp3) is 0.571. The molecular weight excluding hydrogens is 198 g/mol. The Kier molecular flexibility index (Phi) is 3.98. The van der Waals surface area contributed by atoms with Crippen molar-refractivity contribution in [2.75, 3.05) is 7.11 Å². The minimum atomic E-state index is -0.195. The number of benzene rings is 1. The zero-order chi connectivity index (χ0) is 12.3. The van der Waals surface area contributed by atoms with E-state index < -0.39 is 0 Å². The smallest absolute Gasteiger partial charge is 0.122 e. The zero-order valence-electron chi connectivity index (χ0n) is 11.0. The molecule has 16 heavy (non-hydrogen) atoms. The van der Waals surface area contributed by atoms with E-state index in [0.29, 0.717) is 5.92 Å². The number of aryl methyl sites for hydroxylation is 1. The van der Waals surface area contributed by atoms with Gasteiger partial charge in [-0.3, -0.25) is 0 Å². The van der Waals surface area contributed by atoms with E-state index >= 15 is 0 Å². The highest BCUT2D eigenvalue weighted by molar-refractivity contribution is 5.39. The van der Waals surface area contributed by atoms with Crippen LogP contribution in [0.15, 0.2) is 18.2 Å². The van der Waals surface area contributed by atoms with Crippen molar-refractivity contribution in [2.45, 2.75) is 45.6 Å². The average molecular weight is 221 g/mol. The van der Waals surface area contributed by atoms with Crippen LogP contribution in [0.2, 0.25) is 0 Å². The van der Waals surface area contributed by atoms with Crippen LogP contribution in [0, 0.1) is 0 Å². The zero-order valence-corrected chi connectivity index (χ0v) is 11.0. The Bertz CT molecular complexity index is 352. The van der Waals surface area contributed by atoms with E-state index in [0.717, 1.165) is 12.2 Å². The van der Waals surface area contributed by atoms with Crippen LogP contribution in [0.25, 0.3) is 0 Å². The average Bonchev–Trinajstić information content (AvgIpc) is 2.25. The van der Waals surface area contributed by atoms with Gasteiger partial charge in [0, 0.05) is 5.54 Å². The van der Waals surface area contributed by atoms with Gasteiger partial charge < -0.3 is 10.5 Å². The van der Waals surface area contributed by atoms with Crippen LogP contribution >= 0.6 is 0 Å². The molecule has 0 heterocycles. The molecule has 0 fully saturated rings. The summed E-state index contributed by atoms with van der Waals surface area (Å²) in [6, 6.07) is 6.35. The molecule has 0 spiro atoms. The molecule has 0 aromatic heterocycles. The molecule has 0 amide bonds. The molecule has 0 aliphatic heterocycles. The molecule has 0 aliphatic carbocycles. The summed E-state index contributed by atoms with van der Waals surface area (Å²) in [5.41, 5.74) is 8.48. The van der Waals surface area contributed by atoms with Gasteiger partial charge in [0.2, 0.25) is 0 Å². The summed E-state index contributed by atoms with van der Waals surface area (Å²) in [6.45, 7) is 8.43. The molecule has 1 rings (SSSR count). The first-order chi connectivity index (χ1) is 7.40. The third-order valence-corrected chi connectivity index (χ3v) is 3.30. The second-order valence-electron chi connectivity index (χ2n) is 4.97. The van der Waals surface area contributed by atoms with Crippen LogP contribution in [0.5, 0.6) is 5.75 Å². The Morgan fingerprint density at radius 3 is 2.44 bits per heavy atom. The van der Waals surface area contributed by atoms with Crippen LogP contribution in [-0.4, -0.2) is 12.6 Å². The number of hydrogen-bond acceptors (Lipinski definition) is 2. The molecule has 1 aromatic carbocycles. The molecule has 1 aromatic rings.